The van der Waals surface area contributed by atoms with Crippen molar-refractivity contribution in [1.29, 1.82) is 0 Å². The number of amides is 2. The molecule has 150 valence electrons. The SMILES string of the molecule is CCOc1ccc(NC(=O)CCc2nnc(C(=O)Nc3cccc(Cl)c3)s2)cc1. The number of nitrogens with one attached hydrogen (secondary N) is 2. The molecule has 0 radical (unpaired) electrons. The Kier molecular flexibility index (Phi) is 7.15. The molecule has 2 aromatic carbocycles. The highest BCUT2D eigenvalue weighted by molar-refractivity contribution is 7.13. The van der Waals surface area contributed by atoms with Crippen LogP contribution in [0.2, 0.25) is 5.02 Å². The number of ether oxygens (including phenoxy) is 1. The maximum atomic E-state index is 12.3. The summed E-state index contributed by atoms with van der Waals surface area (Å²) < 4.78 is 5.37. The first-order valence-corrected chi connectivity index (χ1v) is 10.1. The van der Waals surface area contributed by atoms with Gasteiger partial charge in [0.15, 0.2) is 0 Å². The van der Waals surface area contributed by atoms with Crippen molar-refractivity contribution < 1.29 is 14.3 Å². The van der Waals surface area contributed by atoms with Crippen LogP contribution in [0.3, 0.4) is 0 Å². The zero-order valence-corrected chi connectivity index (χ0v) is 17.2. The lowest BCUT2D eigenvalue weighted by Crippen LogP contribution is -2.12. The van der Waals surface area contributed by atoms with Gasteiger partial charge >= 0.3 is 0 Å². The van der Waals surface area contributed by atoms with Crippen LogP contribution in [0.4, 0.5) is 11.4 Å². The fraction of sp³-hybridized carbons (Fsp3) is 0.200. The van der Waals surface area contributed by atoms with E-state index < -0.39 is 0 Å². The van der Waals surface area contributed by atoms with E-state index >= 15 is 0 Å². The van der Waals surface area contributed by atoms with E-state index in [4.69, 9.17) is 16.3 Å². The minimum Gasteiger partial charge on any atom is -0.494 e. The molecule has 3 rings (SSSR count). The third-order valence-electron chi connectivity index (χ3n) is 3.76. The number of carbonyl (C=O) groups excluding carboxylic acids is 2. The molecule has 7 nitrogen and oxygen atoms in total. The second-order valence-electron chi connectivity index (χ2n) is 5.97. The van der Waals surface area contributed by atoms with Crippen molar-refractivity contribution in [1.82, 2.24) is 10.2 Å². The average molecular weight is 431 g/mol. The number of rotatable bonds is 8. The molecule has 0 spiro atoms. The zero-order chi connectivity index (χ0) is 20.6. The highest BCUT2D eigenvalue weighted by Gasteiger charge is 2.14. The van der Waals surface area contributed by atoms with Crippen LogP contribution < -0.4 is 15.4 Å². The number of benzene rings is 2. The van der Waals surface area contributed by atoms with Gasteiger partial charge in [0.2, 0.25) is 10.9 Å². The van der Waals surface area contributed by atoms with Crippen molar-refractivity contribution in [2.75, 3.05) is 17.2 Å². The molecular formula is C20H19ClN4O3S. The maximum Gasteiger partial charge on any atom is 0.286 e. The molecule has 0 saturated heterocycles. The van der Waals surface area contributed by atoms with E-state index in [1.54, 1.807) is 48.5 Å². The number of hydrogen-bond acceptors (Lipinski definition) is 6. The van der Waals surface area contributed by atoms with Gasteiger partial charge in [-0.05, 0) is 49.4 Å². The monoisotopic (exact) mass is 430 g/mol. The van der Waals surface area contributed by atoms with E-state index in [-0.39, 0.29) is 23.2 Å². The van der Waals surface area contributed by atoms with E-state index in [0.29, 0.717) is 34.4 Å². The second-order valence-corrected chi connectivity index (χ2v) is 7.47. The standard InChI is InChI=1S/C20H19ClN4O3S/c1-2-28-16-8-6-14(7-9-16)22-17(26)10-11-18-24-25-20(29-18)19(27)23-15-5-3-4-13(21)12-15/h3-9,12H,2,10-11H2,1H3,(H,22,26)(H,23,27). The number of aryl methyl sites for hydroxylation is 1. The van der Waals surface area contributed by atoms with E-state index in [1.165, 1.54) is 0 Å². The molecule has 0 saturated carbocycles. The molecule has 0 unspecified atom stereocenters. The van der Waals surface area contributed by atoms with Gasteiger partial charge in [-0.2, -0.15) is 0 Å². The van der Waals surface area contributed by atoms with E-state index in [1.807, 2.05) is 6.92 Å². The van der Waals surface area contributed by atoms with Gasteiger partial charge < -0.3 is 15.4 Å². The Bertz CT molecular complexity index is 991. The van der Waals surface area contributed by atoms with Crippen molar-refractivity contribution in [3.63, 3.8) is 0 Å². The van der Waals surface area contributed by atoms with Crippen molar-refractivity contribution >= 4 is 46.1 Å². The molecule has 1 heterocycles. The summed E-state index contributed by atoms with van der Waals surface area (Å²) in [7, 11) is 0. The molecule has 0 aliphatic carbocycles. The van der Waals surface area contributed by atoms with Crippen LogP contribution in [0.1, 0.15) is 28.2 Å². The number of anilines is 2. The molecule has 2 N–H and O–H groups in total. The molecule has 0 aliphatic rings. The van der Waals surface area contributed by atoms with Crippen molar-refractivity contribution in [2.45, 2.75) is 19.8 Å². The summed E-state index contributed by atoms with van der Waals surface area (Å²) in [6, 6.07) is 14.0. The van der Waals surface area contributed by atoms with Crippen LogP contribution >= 0.6 is 22.9 Å². The number of hydrogen-bond donors (Lipinski definition) is 2. The van der Waals surface area contributed by atoms with E-state index in [2.05, 4.69) is 20.8 Å². The largest absolute Gasteiger partial charge is 0.494 e. The lowest BCUT2D eigenvalue weighted by molar-refractivity contribution is -0.116. The first kappa shape index (κ1) is 20.8. The Morgan fingerprint density at radius 3 is 2.59 bits per heavy atom. The van der Waals surface area contributed by atoms with Gasteiger partial charge in [0.1, 0.15) is 10.8 Å². The van der Waals surface area contributed by atoms with Gasteiger partial charge in [-0.3, -0.25) is 9.59 Å². The minimum atomic E-state index is -0.366. The molecule has 2 amide bonds. The highest BCUT2D eigenvalue weighted by Crippen LogP contribution is 2.19. The minimum absolute atomic E-state index is 0.144. The van der Waals surface area contributed by atoms with Gasteiger partial charge in [0.25, 0.3) is 5.91 Å². The molecule has 1 aromatic heterocycles. The Labute approximate surface area is 177 Å². The summed E-state index contributed by atoms with van der Waals surface area (Å²) in [6.07, 6.45) is 0.628. The maximum absolute atomic E-state index is 12.3. The molecular weight excluding hydrogens is 412 g/mol. The zero-order valence-electron chi connectivity index (χ0n) is 15.6. The van der Waals surface area contributed by atoms with E-state index in [9.17, 15) is 9.59 Å². The Morgan fingerprint density at radius 2 is 1.86 bits per heavy atom. The normalized spacial score (nSPS) is 10.4. The molecule has 0 aliphatic heterocycles. The first-order valence-electron chi connectivity index (χ1n) is 8.95. The molecule has 0 atom stereocenters. The van der Waals surface area contributed by atoms with Gasteiger partial charge in [-0.1, -0.05) is 29.0 Å². The van der Waals surface area contributed by atoms with Gasteiger partial charge in [0, 0.05) is 29.2 Å². The highest BCUT2D eigenvalue weighted by atomic mass is 35.5. The molecule has 0 bridgehead atoms. The topological polar surface area (TPSA) is 93.2 Å². The van der Waals surface area contributed by atoms with Crippen LogP contribution in [0.5, 0.6) is 5.75 Å². The number of carbonyl (C=O) groups is 2. The lowest BCUT2D eigenvalue weighted by atomic mass is 10.2. The number of nitrogens with zero attached hydrogens (tertiary/aromatic N) is 2. The van der Waals surface area contributed by atoms with Crippen LogP contribution in [0.15, 0.2) is 48.5 Å². The van der Waals surface area contributed by atoms with E-state index in [0.717, 1.165) is 17.1 Å². The summed E-state index contributed by atoms with van der Waals surface area (Å²) in [5.74, 6) is 0.243. The predicted octanol–water partition coefficient (Wildman–Crippen LogP) is 4.41. The second kappa shape index (κ2) is 9.99. The summed E-state index contributed by atoms with van der Waals surface area (Å²) in [5.41, 5.74) is 1.27. The summed E-state index contributed by atoms with van der Waals surface area (Å²) >= 11 is 7.06. The molecule has 3 aromatic rings. The molecule has 9 heteroatoms. The smallest absolute Gasteiger partial charge is 0.286 e. The third kappa shape index (κ3) is 6.27. The Hall–Kier alpha value is -2.97. The summed E-state index contributed by atoms with van der Waals surface area (Å²) in [5, 5.41) is 14.8. The van der Waals surface area contributed by atoms with Crippen LogP contribution in [-0.4, -0.2) is 28.6 Å². The molecule has 0 fully saturated rings. The van der Waals surface area contributed by atoms with Gasteiger partial charge in [-0.25, -0.2) is 0 Å². The van der Waals surface area contributed by atoms with Gasteiger partial charge in [0.05, 0.1) is 6.61 Å². The summed E-state index contributed by atoms with van der Waals surface area (Å²) in [4.78, 5) is 24.4. The van der Waals surface area contributed by atoms with Gasteiger partial charge in [-0.15, -0.1) is 10.2 Å². The van der Waals surface area contributed by atoms with Crippen molar-refractivity contribution in [3.05, 3.63) is 63.6 Å². The van der Waals surface area contributed by atoms with Crippen molar-refractivity contribution in [2.24, 2.45) is 0 Å². The predicted molar refractivity (Wildman–Crippen MR) is 114 cm³/mol. The molecule has 29 heavy (non-hydrogen) atoms. The quantitative estimate of drug-likeness (QED) is 0.552. The van der Waals surface area contributed by atoms with Crippen LogP contribution in [0.25, 0.3) is 0 Å². The summed E-state index contributed by atoms with van der Waals surface area (Å²) in [6.45, 7) is 2.50. The number of halogens is 1. The van der Waals surface area contributed by atoms with Crippen LogP contribution in [-0.2, 0) is 11.2 Å². The van der Waals surface area contributed by atoms with Crippen molar-refractivity contribution in [3.8, 4) is 5.75 Å². The lowest BCUT2D eigenvalue weighted by Gasteiger charge is -2.06. The third-order valence-corrected chi connectivity index (χ3v) is 4.98. The fourth-order valence-electron chi connectivity index (χ4n) is 2.44. The number of aromatic nitrogens is 2. The Morgan fingerprint density at radius 1 is 1.07 bits per heavy atom. The first-order chi connectivity index (χ1) is 14.0. The van der Waals surface area contributed by atoms with Crippen LogP contribution in [0, 0.1) is 0 Å². The average Bonchev–Trinajstić information content (AvgIpc) is 3.17. The fourth-order valence-corrected chi connectivity index (χ4v) is 3.37. The Balaban J connectivity index is 1.49.